The molecule has 0 amide bonds. The van der Waals surface area contributed by atoms with Gasteiger partial charge in [-0.3, -0.25) is 0 Å². The Morgan fingerprint density at radius 2 is 2.21 bits per heavy atom. The van der Waals surface area contributed by atoms with Gasteiger partial charge >= 0.3 is 0 Å². The Morgan fingerprint density at radius 3 is 2.76 bits per heavy atom. The second kappa shape index (κ2) is 8.50. The van der Waals surface area contributed by atoms with Gasteiger partial charge in [-0.2, -0.15) is 5.26 Å². The van der Waals surface area contributed by atoms with Gasteiger partial charge in [0.2, 0.25) is 0 Å². The van der Waals surface area contributed by atoms with Crippen molar-refractivity contribution in [3.05, 3.63) is 54.2 Å². The third-order valence-electron chi connectivity index (χ3n) is 4.96. The monoisotopic (exact) mass is 393 g/mol. The molecule has 1 saturated carbocycles. The molecule has 1 fully saturated rings. The molecule has 152 valence electrons. The fraction of sp³-hybridized carbons (Fsp3) is 0.409. The molecule has 1 aliphatic carbocycles. The Hall–Kier alpha value is -3.11. The lowest BCUT2D eigenvalue weighted by Crippen LogP contribution is -2.19. The summed E-state index contributed by atoms with van der Waals surface area (Å²) in [5.74, 6) is 1.87. The SMILES string of the molecule is C=C/C(=C\C(C#N)=C/N)c1ccc(OC)c2nc(C3(COCC(C)C)CC3)nn12. The van der Waals surface area contributed by atoms with Crippen LogP contribution in [0.2, 0.25) is 0 Å². The van der Waals surface area contributed by atoms with Gasteiger partial charge in [0.05, 0.1) is 30.4 Å². The quantitative estimate of drug-likeness (QED) is 0.518. The van der Waals surface area contributed by atoms with Crippen LogP contribution < -0.4 is 10.5 Å². The first-order valence-corrected chi connectivity index (χ1v) is 9.66. The normalized spacial score (nSPS) is 16.1. The highest BCUT2D eigenvalue weighted by Crippen LogP contribution is 2.47. The first-order valence-electron chi connectivity index (χ1n) is 9.66. The standard InChI is InChI=1S/C22H27N5O2/c1-5-17(10-16(11-23)12-24)18-6-7-19(28-4)20-25-21(26-27(18)20)22(8-9-22)14-29-13-15(2)3/h5-7,10-11,15H,1,8-9,13-14,23H2,2-4H3/b16-11+,17-10+. The number of fused-ring (bicyclic) bond motifs is 1. The van der Waals surface area contributed by atoms with E-state index in [2.05, 4.69) is 26.5 Å². The zero-order valence-corrected chi connectivity index (χ0v) is 17.2. The topological polar surface area (TPSA) is 98.5 Å². The molecule has 3 rings (SSSR count). The number of aromatic nitrogens is 3. The molecule has 0 unspecified atom stereocenters. The number of rotatable bonds is 9. The number of nitrogens with zero attached hydrogens (tertiary/aromatic N) is 4. The number of nitriles is 1. The Balaban J connectivity index is 2.06. The molecule has 0 saturated heterocycles. The Kier molecular flexibility index (Phi) is 6.04. The lowest BCUT2D eigenvalue weighted by molar-refractivity contribution is 0.0897. The third kappa shape index (κ3) is 4.17. The van der Waals surface area contributed by atoms with Crippen LogP contribution in [-0.2, 0) is 10.2 Å². The maximum absolute atomic E-state index is 9.21. The summed E-state index contributed by atoms with van der Waals surface area (Å²) in [6.45, 7) is 9.47. The molecular weight excluding hydrogens is 366 g/mol. The summed E-state index contributed by atoms with van der Waals surface area (Å²) in [7, 11) is 1.61. The van der Waals surface area contributed by atoms with Gasteiger partial charge in [0.25, 0.3) is 0 Å². The van der Waals surface area contributed by atoms with Crippen molar-refractivity contribution in [3.63, 3.8) is 0 Å². The van der Waals surface area contributed by atoms with Crippen molar-refractivity contribution >= 4 is 11.2 Å². The minimum Gasteiger partial charge on any atom is -0.493 e. The van der Waals surface area contributed by atoms with Crippen LogP contribution in [0, 0.1) is 17.2 Å². The molecular formula is C22H27N5O2. The summed E-state index contributed by atoms with van der Waals surface area (Å²) in [6, 6.07) is 5.77. The molecule has 0 bridgehead atoms. The van der Waals surface area contributed by atoms with Crippen LogP contribution in [0.1, 0.15) is 38.2 Å². The van der Waals surface area contributed by atoms with Gasteiger partial charge in [0.15, 0.2) is 17.2 Å². The number of hydrogen-bond donors (Lipinski definition) is 1. The summed E-state index contributed by atoms with van der Waals surface area (Å²) in [5.41, 5.74) is 7.82. The highest BCUT2D eigenvalue weighted by molar-refractivity contribution is 5.76. The van der Waals surface area contributed by atoms with Crippen LogP contribution in [0.3, 0.4) is 0 Å². The molecule has 7 heteroatoms. The Labute approximate surface area is 171 Å². The molecule has 2 heterocycles. The predicted octanol–water partition coefficient (Wildman–Crippen LogP) is 3.38. The maximum atomic E-state index is 9.21. The average molecular weight is 393 g/mol. The van der Waals surface area contributed by atoms with Crippen molar-refractivity contribution in [2.24, 2.45) is 11.7 Å². The molecule has 2 aromatic heterocycles. The van der Waals surface area contributed by atoms with Crippen molar-refractivity contribution < 1.29 is 9.47 Å². The van der Waals surface area contributed by atoms with E-state index in [9.17, 15) is 5.26 Å². The van der Waals surface area contributed by atoms with Crippen LogP contribution in [0.5, 0.6) is 5.75 Å². The molecule has 29 heavy (non-hydrogen) atoms. The van der Waals surface area contributed by atoms with Crippen molar-refractivity contribution in [3.8, 4) is 11.8 Å². The van der Waals surface area contributed by atoms with E-state index in [0.717, 1.165) is 31.0 Å². The summed E-state index contributed by atoms with van der Waals surface area (Å²) >= 11 is 0. The number of ether oxygens (including phenoxy) is 2. The van der Waals surface area contributed by atoms with Crippen molar-refractivity contribution in [1.82, 2.24) is 14.6 Å². The van der Waals surface area contributed by atoms with E-state index < -0.39 is 0 Å². The van der Waals surface area contributed by atoms with E-state index in [4.69, 9.17) is 25.3 Å². The van der Waals surface area contributed by atoms with Crippen LogP contribution in [-0.4, -0.2) is 34.9 Å². The van der Waals surface area contributed by atoms with Crippen LogP contribution in [0.4, 0.5) is 0 Å². The van der Waals surface area contributed by atoms with E-state index in [-0.39, 0.29) is 5.41 Å². The highest BCUT2D eigenvalue weighted by Gasteiger charge is 2.48. The zero-order valence-electron chi connectivity index (χ0n) is 17.2. The first-order chi connectivity index (χ1) is 14.0. The molecule has 2 aromatic rings. The average Bonchev–Trinajstić information content (AvgIpc) is 3.36. The number of allylic oxidation sites excluding steroid dienone is 4. The predicted molar refractivity (Wildman–Crippen MR) is 112 cm³/mol. The van der Waals surface area contributed by atoms with Gasteiger partial charge in [-0.1, -0.05) is 26.5 Å². The Morgan fingerprint density at radius 1 is 1.45 bits per heavy atom. The maximum Gasteiger partial charge on any atom is 0.198 e. The molecule has 7 nitrogen and oxygen atoms in total. The molecule has 0 spiro atoms. The van der Waals surface area contributed by atoms with E-state index in [1.54, 1.807) is 23.8 Å². The van der Waals surface area contributed by atoms with Gasteiger partial charge in [-0.15, -0.1) is 5.10 Å². The van der Waals surface area contributed by atoms with Crippen molar-refractivity contribution in [2.75, 3.05) is 20.3 Å². The fourth-order valence-corrected chi connectivity index (χ4v) is 3.14. The summed E-state index contributed by atoms with van der Waals surface area (Å²) in [6.07, 6.45) is 6.61. The molecule has 0 aromatic carbocycles. The van der Waals surface area contributed by atoms with E-state index in [1.165, 1.54) is 6.20 Å². The van der Waals surface area contributed by atoms with Crippen LogP contribution in [0.25, 0.3) is 11.2 Å². The fourth-order valence-electron chi connectivity index (χ4n) is 3.14. The smallest absolute Gasteiger partial charge is 0.198 e. The van der Waals surface area contributed by atoms with Gasteiger partial charge in [0.1, 0.15) is 6.07 Å². The summed E-state index contributed by atoms with van der Waals surface area (Å²) in [5, 5.41) is 14.0. The first kappa shape index (κ1) is 20.6. The largest absolute Gasteiger partial charge is 0.493 e. The lowest BCUT2D eigenvalue weighted by atomic mass is 10.1. The van der Waals surface area contributed by atoms with Crippen molar-refractivity contribution in [2.45, 2.75) is 32.1 Å². The van der Waals surface area contributed by atoms with Gasteiger partial charge in [-0.05, 0) is 37.0 Å². The van der Waals surface area contributed by atoms with Gasteiger partial charge in [-0.25, -0.2) is 9.50 Å². The van der Waals surface area contributed by atoms with E-state index in [1.807, 2.05) is 12.1 Å². The molecule has 2 N–H and O–H groups in total. The molecule has 0 radical (unpaired) electrons. The van der Waals surface area contributed by atoms with E-state index >= 15 is 0 Å². The van der Waals surface area contributed by atoms with E-state index in [0.29, 0.717) is 35.1 Å². The number of methoxy groups -OCH3 is 1. The number of nitrogens with two attached hydrogens (primary N) is 1. The van der Waals surface area contributed by atoms with Crippen molar-refractivity contribution in [1.29, 1.82) is 5.26 Å². The minimum atomic E-state index is -0.143. The lowest BCUT2D eigenvalue weighted by Gasteiger charge is -2.13. The van der Waals surface area contributed by atoms with Crippen LogP contribution >= 0.6 is 0 Å². The summed E-state index contributed by atoms with van der Waals surface area (Å²) < 4.78 is 13.1. The van der Waals surface area contributed by atoms with Gasteiger partial charge in [0, 0.05) is 18.4 Å². The van der Waals surface area contributed by atoms with Crippen LogP contribution in [0.15, 0.2) is 42.6 Å². The molecule has 0 aliphatic heterocycles. The number of pyridine rings is 1. The highest BCUT2D eigenvalue weighted by atomic mass is 16.5. The Bertz CT molecular complexity index is 1010. The summed E-state index contributed by atoms with van der Waals surface area (Å²) in [4.78, 5) is 4.79. The molecule has 0 atom stereocenters. The van der Waals surface area contributed by atoms with Gasteiger partial charge < -0.3 is 15.2 Å². The molecule has 1 aliphatic rings. The number of hydrogen-bond acceptors (Lipinski definition) is 6. The third-order valence-corrected chi connectivity index (χ3v) is 4.96. The second-order valence-corrected chi connectivity index (χ2v) is 7.68. The zero-order chi connectivity index (χ0) is 21.0. The second-order valence-electron chi connectivity index (χ2n) is 7.68. The minimum absolute atomic E-state index is 0.143.